The summed E-state index contributed by atoms with van der Waals surface area (Å²) in [6.45, 7) is 5.18. The molecule has 2 aliphatic rings. The van der Waals surface area contributed by atoms with Crippen LogP contribution in [0.15, 0.2) is 122 Å². The Morgan fingerprint density at radius 2 is 0.778 bits per heavy atom. The highest BCUT2D eigenvalue weighted by atomic mass is 16.5. The van der Waals surface area contributed by atoms with Gasteiger partial charge in [0.05, 0.1) is 46.2 Å². The fourth-order valence-electron chi connectivity index (χ4n) is 7.47. The largest absolute Gasteiger partial charge is 0.497 e. The molecule has 0 N–H and O–H groups in total. The van der Waals surface area contributed by atoms with E-state index in [4.69, 9.17) is 18.9 Å². The normalized spacial score (nSPS) is 19.5. The Hall–Kier alpha value is -4.84. The third-order valence-corrected chi connectivity index (χ3v) is 9.68. The Labute approximate surface area is 267 Å². The first kappa shape index (κ1) is 30.2. The minimum Gasteiger partial charge on any atom is -0.497 e. The summed E-state index contributed by atoms with van der Waals surface area (Å²) in [6.07, 6.45) is 9.12. The van der Waals surface area contributed by atoms with Crippen molar-refractivity contribution in [3.8, 4) is 23.0 Å². The first-order valence-corrected chi connectivity index (χ1v) is 15.4. The molecule has 0 radical (unpaired) electrons. The van der Waals surface area contributed by atoms with Gasteiger partial charge in [0, 0.05) is 11.8 Å². The van der Waals surface area contributed by atoms with E-state index in [9.17, 15) is 0 Å². The highest BCUT2D eigenvalue weighted by molar-refractivity contribution is 5.50. The molecule has 0 bridgehead atoms. The van der Waals surface area contributed by atoms with Crippen LogP contribution in [0.5, 0.6) is 23.0 Å². The molecule has 232 valence electrons. The van der Waals surface area contributed by atoms with Crippen LogP contribution in [0.25, 0.3) is 0 Å². The van der Waals surface area contributed by atoms with Crippen LogP contribution >= 0.6 is 0 Å². The van der Waals surface area contributed by atoms with Crippen LogP contribution < -0.4 is 18.9 Å². The smallest absolute Gasteiger partial charge is 0.119 e. The molecule has 0 aliphatic carbocycles. The highest BCUT2D eigenvalue weighted by Gasteiger charge is 2.51. The first-order chi connectivity index (χ1) is 21.9. The minimum atomic E-state index is -0.531. The lowest BCUT2D eigenvalue weighted by Crippen LogP contribution is -2.54. The number of rotatable bonds is 10. The summed E-state index contributed by atoms with van der Waals surface area (Å²) in [5.41, 5.74) is 3.54. The van der Waals surface area contributed by atoms with Crippen LogP contribution in [0, 0.1) is 11.8 Å². The van der Waals surface area contributed by atoms with Crippen molar-refractivity contribution in [3.63, 3.8) is 0 Å². The zero-order valence-corrected chi connectivity index (χ0v) is 26.9. The summed E-state index contributed by atoms with van der Waals surface area (Å²) in [4.78, 5) is 4.94. The molecule has 4 aromatic rings. The van der Waals surface area contributed by atoms with E-state index in [1.165, 1.54) is 0 Å². The number of hydrogen-bond acceptors (Lipinski definition) is 6. The van der Waals surface area contributed by atoms with Crippen molar-refractivity contribution in [3.05, 3.63) is 144 Å². The van der Waals surface area contributed by atoms with E-state index >= 15 is 0 Å². The zero-order chi connectivity index (χ0) is 31.6. The zero-order valence-electron chi connectivity index (χ0n) is 26.9. The lowest BCUT2D eigenvalue weighted by molar-refractivity contribution is 0.0568. The molecule has 0 aromatic heterocycles. The third kappa shape index (κ3) is 4.89. The van der Waals surface area contributed by atoms with Gasteiger partial charge in [-0.3, -0.25) is 0 Å². The predicted molar refractivity (Wildman–Crippen MR) is 179 cm³/mol. The highest BCUT2D eigenvalue weighted by Crippen LogP contribution is 2.52. The van der Waals surface area contributed by atoms with Gasteiger partial charge in [-0.15, -0.1) is 0 Å². The molecule has 0 unspecified atom stereocenters. The Bertz CT molecular complexity index is 1490. The summed E-state index contributed by atoms with van der Waals surface area (Å²) >= 11 is 0. The van der Waals surface area contributed by atoms with Gasteiger partial charge in [-0.25, -0.2) is 0 Å². The van der Waals surface area contributed by atoms with E-state index in [-0.39, 0.29) is 11.8 Å². The molecule has 0 spiro atoms. The summed E-state index contributed by atoms with van der Waals surface area (Å²) in [5, 5.41) is 0. The van der Waals surface area contributed by atoms with Crippen molar-refractivity contribution in [1.82, 2.24) is 9.80 Å². The molecule has 2 aliphatic heterocycles. The minimum absolute atomic E-state index is 0.142. The van der Waals surface area contributed by atoms with Crippen molar-refractivity contribution < 1.29 is 18.9 Å². The Balaban J connectivity index is 1.55. The number of ether oxygens (including phenoxy) is 4. The molecule has 0 fully saturated rings. The van der Waals surface area contributed by atoms with Gasteiger partial charge in [0.1, 0.15) is 23.0 Å². The molecule has 2 atom stereocenters. The Morgan fingerprint density at radius 3 is 1.04 bits per heavy atom. The fraction of sp³-hybridized carbons (Fsp3) is 0.282. The number of methoxy groups -OCH3 is 4. The Morgan fingerprint density at radius 1 is 0.489 bits per heavy atom. The summed E-state index contributed by atoms with van der Waals surface area (Å²) < 4.78 is 23.0. The third-order valence-electron chi connectivity index (χ3n) is 9.68. The van der Waals surface area contributed by atoms with Crippen molar-refractivity contribution >= 4 is 0 Å². The van der Waals surface area contributed by atoms with E-state index in [0.29, 0.717) is 6.67 Å². The SMILES string of the molecule is COc1cccc(C2(c3cccc(OC)c3)[C@H](C)C=CN2CN2C=C[C@@H](C)C2(c2cccc(OC)c2)c2cccc(OC)c2)c1. The van der Waals surface area contributed by atoms with Crippen molar-refractivity contribution in [1.29, 1.82) is 0 Å². The van der Waals surface area contributed by atoms with Gasteiger partial charge in [0.25, 0.3) is 0 Å². The Kier molecular flexibility index (Phi) is 8.24. The van der Waals surface area contributed by atoms with E-state index in [1.54, 1.807) is 28.4 Å². The maximum absolute atomic E-state index is 5.74. The average molecular weight is 603 g/mol. The second kappa shape index (κ2) is 12.3. The summed E-state index contributed by atoms with van der Waals surface area (Å²) in [5.74, 6) is 3.58. The van der Waals surface area contributed by atoms with Gasteiger partial charge >= 0.3 is 0 Å². The van der Waals surface area contributed by atoms with E-state index in [0.717, 1.165) is 45.3 Å². The maximum Gasteiger partial charge on any atom is 0.119 e. The molecule has 2 heterocycles. The van der Waals surface area contributed by atoms with Crippen molar-refractivity contribution in [2.75, 3.05) is 35.1 Å². The topological polar surface area (TPSA) is 43.4 Å². The second-order valence-corrected chi connectivity index (χ2v) is 11.8. The summed E-state index contributed by atoms with van der Waals surface area (Å²) in [7, 11) is 6.88. The van der Waals surface area contributed by atoms with Crippen LogP contribution in [-0.4, -0.2) is 44.9 Å². The van der Waals surface area contributed by atoms with Crippen LogP contribution in [0.3, 0.4) is 0 Å². The monoisotopic (exact) mass is 602 g/mol. The quantitative estimate of drug-likeness (QED) is 0.185. The van der Waals surface area contributed by atoms with Crippen molar-refractivity contribution in [2.45, 2.75) is 24.9 Å². The molecule has 6 heteroatoms. The maximum atomic E-state index is 5.74. The lowest BCUT2D eigenvalue weighted by Gasteiger charge is -2.50. The van der Waals surface area contributed by atoms with Crippen LogP contribution in [0.1, 0.15) is 36.1 Å². The van der Waals surface area contributed by atoms with Gasteiger partial charge < -0.3 is 28.7 Å². The molecule has 0 saturated heterocycles. The van der Waals surface area contributed by atoms with E-state index in [2.05, 4.69) is 121 Å². The van der Waals surface area contributed by atoms with Gasteiger partial charge in [-0.05, 0) is 83.2 Å². The van der Waals surface area contributed by atoms with Gasteiger partial charge in [0.15, 0.2) is 0 Å². The fourth-order valence-corrected chi connectivity index (χ4v) is 7.47. The number of hydrogen-bond donors (Lipinski definition) is 0. The molecular formula is C39H42N2O4. The van der Waals surface area contributed by atoms with Gasteiger partial charge in [0.2, 0.25) is 0 Å². The van der Waals surface area contributed by atoms with Gasteiger partial charge in [-0.1, -0.05) is 74.5 Å². The molecule has 6 nitrogen and oxygen atoms in total. The van der Waals surface area contributed by atoms with Crippen LogP contribution in [-0.2, 0) is 11.1 Å². The first-order valence-electron chi connectivity index (χ1n) is 15.4. The van der Waals surface area contributed by atoms with Gasteiger partial charge in [-0.2, -0.15) is 0 Å². The molecule has 4 aromatic carbocycles. The standard InChI is InChI=1S/C39H42N2O4/c1-28-19-21-40(38(28,30-11-7-15-34(23-30)42-3)31-12-8-16-35(24-31)43-4)27-41-22-20-29(2)39(41,32-13-9-17-36(25-32)44-5)33-14-10-18-37(26-33)45-6/h7-26,28-29H,27H2,1-6H3/t28-,29-/m1/s1. The summed E-state index contributed by atoms with van der Waals surface area (Å²) in [6, 6.07) is 33.8. The molecular weight excluding hydrogens is 560 g/mol. The van der Waals surface area contributed by atoms with E-state index < -0.39 is 11.1 Å². The molecule has 0 amide bonds. The molecule has 6 rings (SSSR count). The average Bonchev–Trinajstić information content (AvgIpc) is 3.61. The molecule has 45 heavy (non-hydrogen) atoms. The van der Waals surface area contributed by atoms with Crippen LogP contribution in [0.2, 0.25) is 0 Å². The molecule has 0 saturated carbocycles. The van der Waals surface area contributed by atoms with Crippen LogP contribution in [0.4, 0.5) is 0 Å². The second-order valence-electron chi connectivity index (χ2n) is 11.8. The predicted octanol–water partition coefficient (Wildman–Crippen LogP) is 7.80. The van der Waals surface area contributed by atoms with E-state index in [1.807, 2.05) is 24.3 Å². The number of benzene rings is 4. The lowest BCUT2D eigenvalue weighted by atomic mass is 9.73. The number of nitrogens with zero attached hydrogens (tertiary/aromatic N) is 2. The van der Waals surface area contributed by atoms with Crippen molar-refractivity contribution in [2.24, 2.45) is 11.8 Å².